The van der Waals surface area contributed by atoms with Gasteiger partial charge in [0.15, 0.2) is 0 Å². The number of hydrogen-bond acceptors (Lipinski definition) is 4. The lowest BCUT2D eigenvalue weighted by atomic mass is 9.81. The van der Waals surface area contributed by atoms with E-state index in [1.165, 1.54) is 17.7 Å². The first kappa shape index (κ1) is 21.3. The molecule has 2 aromatic carbocycles. The molecule has 2 heterocycles. The van der Waals surface area contributed by atoms with Gasteiger partial charge < -0.3 is 19.8 Å². The molecule has 2 aromatic rings. The fourth-order valence-corrected chi connectivity index (χ4v) is 4.61. The van der Waals surface area contributed by atoms with E-state index in [0.29, 0.717) is 24.3 Å². The standard InChI is InChI=1S/C25H32FNO3/c1-24(2,3)18-6-4-17(5-7-18)22(29)16-27-12-10-25(11-13-27)15-21(28)20-14-19(26)8-9-23(20)30-25/h4-9,14,21-22,28-29H,10-13,15-16H2,1-3H3/t21-,22-/m1/s1. The summed E-state index contributed by atoms with van der Waals surface area (Å²) in [5.74, 6) is 0.231. The minimum absolute atomic E-state index is 0.0968. The Morgan fingerprint density at radius 2 is 1.80 bits per heavy atom. The highest BCUT2D eigenvalue weighted by Gasteiger charge is 2.43. The lowest BCUT2D eigenvalue weighted by molar-refractivity contribution is -0.0589. The summed E-state index contributed by atoms with van der Waals surface area (Å²) in [7, 11) is 0. The molecule has 4 rings (SSSR count). The normalized spacial score (nSPS) is 22.4. The van der Waals surface area contributed by atoms with Gasteiger partial charge in [-0.1, -0.05) is 45.0 Å². The Kier molecular flexibility index (Phi) is 5.64. The smallest absolute Gasteiger partial charge is 0.126 e. The highest BCUT2D eigenvalue weighted by atomic mass is 19.1. The second-order valence-electron chi connectivity index (χ2n) is 9.88. The molecule has 5 heteroatoms. The average Bonchev–Trinajstić information content (AvgIpc) is 2.70. The van der Waals surface area contributed by atoms with Gasteiger partial charge in [-0.2, -0.15) is 0 Å². The highest BCUT2D eigenvalue weighted by molar-refractivity contribution is 5.38. The van der Waals surface area contributed by atoms with Gasteiger partial charge in [0.1, 0.15) is 17.2 Å². The fourth-order valence-electron chi connectivity index (χ4n) is 4.61. The molecule has 2 N–H and O–H groups in total. The molecule has 1 fully saturated rings. The first-order valence-electron chi connectivity index (χ1n) is 10.8. The maximum Gasteiger partial charge on any atom is 0.126 e. The Morgan fingerprint density at radius 1 is 1.13 bits per heavy atom. The van der Waals surface area contributed by atoms with Gasteiger partial charge in [-0.05, 0) is 47.6 Å². The van der Waals surface area contributed by atoms with Gasteiger partial charge in [-0.3, -0.25) is 0 Å². The second-order valence-corrected chi connectivity index (χ2v) is 9.88. The van der Waals surface area contributed by atoms with Crippen LogP contribution in [0.4, 0.5) is 4.39 Å². The van der Waals surface area contributed by atoms with E-state index in [9.17, 15) is 14.6 Å². The van der Waals surface area contributed by atoms with Crippen LogP contribution in [0, 0.1) is 5.82 Å². The Morgan fingerprint density at radius 3 is 2.43 bits per heavy atom. The predicted octanol–water partition coefficient (Wildman–Crippen LogP) is 4.51. The molecule has 0 unspecified atom stereocenters. The van der Waals surface area contributed by atoms with Crippen LogP contribution in [0.3, 0.4) is 0 Å². The van der Waals surface area contributed by atoms with Crippen LogP contribution in [-0.2, 0) is 5.41 Å². The van der Waals surface area contributed by atoms with Crippen LogP contribution in [-0.4, -0.2) is 40.3 Å². The van der Waals surface area contributed by atoms with Crippen LogP contribution in [0.1, 0.15) is 68.9 Å². The number of aliphatic hydroxyl groups is 2. The fraction of sp³-hybridized carbons (Fsp3) is 0.520. The van der Waals surface area contributed by atoms with Gasteiger partial charge in [-0.25, -0.2) is 4.39 Å². The first-order chi connectivity index (χ1) is 14.2. The van der Waals surface area contributed by atoms with Crippen molar-refractivity contribution in [2.45, 2.75) is 63.3 Å². The van der Waals surface area contributed by atoms with Gasteiger partial charge in [0, 0.05) is 31.6 Å². The molecule has 162 valence electrons. The quantitative estimate of drug-likeness (QED) is 0.778. The summed E-state index contributed by atoms with van der Waals surface area (Å²) in [5, 5.41) is 21.3. The Hall–Kier alpha value is -1.95. The van der Waals surface area contributed by atoms with Crippen molar-refractivity contribution < 1.29 is 19.3 Å². The SMILES string of the molecule is CC(C)(C)c1ccc([C@H](O)CN2CCC3(CC2)C[C@@H](O)c2cc(F)ccc2O3)cc1. The molecular weight excluding hydrogens is 381 g/mol. The molecule has 30 heavy (non-hydrogen) atoms. The molecule has 1 saturated heterocycles. The number of rotatable bonds is 3. The third kappa shape index (κ3) is 4.39. The molecule has 2 atom stereocenters. The van der Waals surface area contributed by atoms with Crippen molar-refractivity contribution >= 4 is 0 Å². The minimum Gasteiger partial charge on any atom is -0.487 e. The highest BCUT2D eigenvalue weighted by Crippen LogP contribution is 2.44. The van der Waals surface area contributed by atoms with Crippen molar-refractivity contribution in [2.75, 3.05) is 19.6 Å². The number of piperidine rings is 1. The molecule has 4 nitrogen and oxygen atoms in total. The summed E-state index contributed by atoms with van der Waals surface area (Å²) in [4.78, 5) is 2.25. The molecule has 1 spiro atoms. The summed E-state index contributed by atoms with van der Waals surface area (Å²) in [5.41, 5.74) is 2.41. The summed E-state index contributed by atoms with van der Waals surface area (Å²) in [6, 6.07) is 12.6. The van der Waals surface area contributed by atoms with Crippen LogP contribution in [0.25, 0.3) is 0 Å². The second kappa shape index (κ2) is 7.95. The minimum atomic E-state index is -0.706. The topological polar surface area (TPSA) is 52.9 Å². The van der Waals surface area contributed by atoms with E-state index in [4.69, 9.17) is 4.74 Å². The number of nitrogens with zero attached hydrogens (tertiary/aromatic N) is 1. The van der Waals surface area contributed by atoms with Gasteiger partial charge in [0.05, 0.1) is 12.2 Å². The van der Waals surface area contributed by atoms with E-state index in [0.717, 1.165) is 31.5 Å². The van der Waals surface area contributed by atoms with Crippen LogP contribution in [0.2, 0.25) is 0 Å². The molecule has 2 aliphatic rings. The summed E-state index contributed by atoms with van der Waals surface area (Å²) in [6.45, 7) is 8.71. The lowest BCUT2D eigenvalue weighted by Gasteiger charge is -2.46. The zero-order valence-corrected chi connectivity index (χ0v) is 18.1. The number of ether oxygens (including phenoxy) is 1. The number of likely N-dealkylation sites (tertiary alicyclic amines) is 1. The van der Waals surface area contributed by atoms with E-state index >= 15 is 0 Å². The molecule has 0 aliphatic carbocycles. The number of fused-ring (bicyclic) bond motifs is 1. The van der Waals surface area contributed by atoms with E-state index in [1.54, 1.807) is 6.07 Å². The molecule has 0 amide bonds. The zero-order chi connectivity index (χ0) is 21.5. The number of hydrogen-bond donors (Lipinski definition) is 2. The van der Waals surface area contributed by atoms with Crippen LogP contribution in [0.15, 0.2) is 42.5 Å². The maximum atomic E-state index is 13.5. The van der Waals surface area contributed by atoms with Crippen molar-refractivity contribution in [2.24, 2.45) is 0 Å². The van der Waals surface area contributed by atoms with E-state index in [1.807, 2.05) is 12.1 Å². The van der Waals surface area contributed by atoms with Gasteiger partial charge >= 0.3 is 0 Å². The Bertz CT molecular complexity index is 882. The molecule has 0 radical (unpaired) electrons. The summed E-state index contributed by atoms with van der Waals surface area (Å²) >= 11 is 0. The van der Waals surface area contributed by atoms with Gasteiger partial charge in [0.25, 0.3) is 0 Å². The number of benzene rings is 2. The van der Waals surface area contributed by atoms with Gasteiger partial charge in [0.2, 0.25) is 0 Å². The van der Waals surface area contributed by atoms with Crippen LogP contribution in [0.5, 0.6) is 5.75 Å². The van der Waals surface area contributed by atoms with Crippen molar-refractivity contribution in [1.29, 1.82) is 0 Å². The largest absolute Gasteiger partial charge is 0.487 e. The van der Waals surface area contributed by atoms with Crippen molar-refractivity contribution in [1.82, 2.24) is 4.90 Å². The molecular formula is C25H32FNO3. The number of β-amino-alcohol motifs (C(OH)–C–C–N with tert-alkyl or cyclic N) is 1. The lowest BCUT2D eigenvalue weighted by Crippen LogP contribution is -2.51. The molecule has 2 aliphatic heterocycles. The van der Waals surface area contributed by atoms with Gasteiger partial charge in [-0.15, -0.1) is 0 Å². The third-order valence-corrected chi connectivity index (χ3v) is 6.58. The zero-order valence-electron chi connectivity index (χ0n) is 18.1. The van der Waals surface area contributed by atoms with E-state index in [2.05, 4.69) is 37.8 Å². The Labute approximate surface area is 178 Å². The molecule has 0 aromatic heterocycles. The van der Waals surface area contributed by atoms with Crippen molar-refractivity contribution in [3.05, 3.63) is 65.0 Å². The monoisotopic (exact) mass is 413 g/mol. The van der Waals surface area contributed by atoms with Crippen molar-refractivity contribution in [3.63, 3.8) is 0 Å². The predicted molar refractivity (Wildman–Crippen MR) is 115 cm³/mol. The van der Waals surface area contributed by atoms with E-state index in [-0.39, 0.29) is 11.2 Å². The number of aliphatic hydroxyl groups excluding tert-OH is 2. The van der Waals surface area contributed by atoms with E-state index < -0.39 is 17.8 Å². The maximum absolute atomic E-state index is 13.5. The summed E-state index contributed by atoms with van der Waals surface area (Å²) < 4.78 is 19.8. The van der Waals surface area contributed by atoms with Crippen LogP contribution < -0.4 is 4.74 Å². The molecule has 0 bridgehead atoms. The van der Waals surface area contributed by atoms with Crippen LogP contribution >= 0.6 is 0 Å². The summed E-state index contributed by atoms with van der Waals surface area (Å²) in [6.07, 6.45) is 0.791. The Balaban J connectivity index is 1.36. The van der Waals surface area contributed by atoms with Crippen molar-refractivity contribution in [3.8, 4) is 5.75 Å². The number of halogens is 1. The third-order valence-electron chi connectivity index (χ3n) is 6.58. The first-order valence-corrected chi connectivity index (χ1v) is 10.8. The average molecular weight is 414 g/mol. The molecule has 0 saturated carbocycles.